The van der Waals surface area contributed by atoms with Crippen LogP contribution in [-0.4, -0.2) is 31.2 Å². The topological polar surface area (TPSA) is 0 Å². The first kappa shape index (κ1) is 12.2. The van der Waals surface area contributed by atoms with Gasteiger partial charge in [0.1, 0.15) is 0 Å². The van der Waals surface area contributed by atoms with Crippen LogP contribution in [0.25, 0.3) is 0 Å². The molecule has 0 bridgehead atoms. The minimum atomic E-state index is 0. The van der Waals surface area contributed by atoms with E-state index in [1.165, 1.54) is 43.1 Å². The molecule has 12 heavy (non-hydrogen) atoms. The van der Waals surface area contributed by atoms with Gasteiger partial charge in [0.25, 0.3) is 0 Å². The monoisotopic (exact) mass is 191 g/mol. The summed E-state index contributed by atoms with van der Waals surface area (Å²) < 4.78 is 1.24. The second-order valence-corrected chi connectivity index (χ2v) is 4.39. The highest BCUT2D eigenvalue weighted by Crippen LogP contribution is 2.24. The number of hydrogen-bond acceptors (Lipinski definition) is 0. The first-order valence-corrected chi connectivity index (χ1v) is 4.99. The summed E-state index contributed by atoms with van der Waals surface area (Å²) >= 11 is 0. The van der Waals surface area contributed by atoms with Crippen molar-refractivity contribution in [1.29, 1.82) is 0 Å². The van der Waals surface area contributed by atoms with E-state index in [0.29, 0.717) is 0 Å². The van der Waals surface area contributed by atoms with Crippen molar-refractivity contribution in [2.24, 2.45) is 0 Å². The molecule has 0 aromatic carbocycles. The van der Waals surface area contributed by atoms with E-state index in [9.17, 15) is 0 Å². The molecule has 0 N–H and O–H groups in total. The van der Waals surface area contributed by atoms with Crippen molar-refractivity contribution in [3.8, 4) is 0 Å². The molecule has 74 valence electrons. The van der Waals surface area contributed by atoms with E-state index in [1.54, 1.807) is 0 Å². The maximum absolute atomic E-state index is 2.37. The minimum Gasteiger partial charge on any atom is -1.00 e. The number of halogens is 1. The minimum absolute atomic E-state index is 0. The number of rotatable bonds is 2. The molecule has 0 unspecified atom stereocenters. The Morgan fingerprint density at radius 3 is 2.00 bits per heavy atom. The summed E-state index contributed by atoms with van der Waals surface area (Å²) in [7, 11) is 4.74. The van der Waals surface area contributed by atoms with Crippen molar-refractivity contribution in [2.45, 2.75) is 45.1 Å². The summed E-state index contributed by atoms with van der Waals surface area (Å²) in [6.07, 6.45) is 7.32. The average molecular weight is 192 g/mol. The molecule has 0 spiro atoms. The molecule has 0 heterocycles. The van der Waals surface area contributed by atoms with Gasteiger partial charge in [0.05, 0.1) is 26.7 Å². The molecule has 1 aliphatic rings. The smallest absolute Gasteiger partial charge is 0.0886 e. The first-order valence-electron chi connectivity index (χ1n) is 4.99. The molecule has 1 aliphatic carbocycles. The molecule has 2 heteroatoms. The number of hydrogen-bond donors (Lipinski definition) is 0. The third kappa shape index (κ3) is 2.95. The fourth-order valence-electron chi connectivity index (χ4n) is 2.04. The predicted molar refractivity (Wildman–Crippen MR) is 49.5 cm³/mol. The van der Waals surface area contributed by atoms with E-state index in [1.807, 2.05) is 0 Å². The molecule has 1 fully saturated rings. The van der Waals surface area contributed by atoms with Crippen LogP contribution in [0.3, 0.4) is 0 Å². The molecule has 1 rings (SSSR count). The fraction of sp³-hybridized carbons (Fsp3) is 1.00. The van der Waals surface area contributed by atoms with Crippen LogP contribution in [0.1, 0.15) is 39.0 Å². The zero-order valence-corrected chi connectivity index (χ0v) is 9.40. The lowest BCUT2D eigenvalue weighted by Gasteiger charge is -2.39. The van der Waals surface area contributed by atoms with Crippen LogP contribution in [0.15, 0.2) is 0 Å². The zero-order chi connectivity index (χ0) is 8.32. The molecule has 0 radical (unpaired) electrons. The van der Waals surface area contributed by atoms with Crippen LogP contribution in [-0.2, 0) is 0 Å². The zero-order valence-electron chi connectivity index (χ0n) is 8.65. The van der Waals surface area contributed by atoms with E-state index in [-0.39, 0.29) is 12.4 Å². The SMILES string of the molecule is CC[N+](C)(C)C1CCCCC1.[Cl-]. The second kappa shape index (κ2) is 5.08. The summed E-state index contributed by atoms with van der Waals surface area (Å²) in [5, 5.41) is 0. The van der Waals surface area contributed by atoms with Gasteiger partial charge in [-0.1, -0.05) is 6.42 Å². The van der Waals surface area contributed by atoms with Gasteiger partial charge in [0, 0.05) is 0 Å². The van der Waals surface area contributed by atoms with Crippen molar-refractivity contribution in [3.63, 3.8) is 0 Å². The lowest BCUT2D eigenvalue weighted by Crippen LogP contribution is -3.00. The molecule has 0 amide bonds. The van der Waals surface area contributed by atoms with Crippen LogP contribution in [0.4, 0.5) is 0 Å². The second-order valence-electron chi connectivity index (χ2n) is 4.39. The Hall–Kier alpha value is 0.250. The van der Waals surface area contributed by atoms with Gasteiger partial charge >= 0.3 is 0 Å². The maximum Gasteiger partial charge on any atom is 0.0886 e. The Morgan fingerprint density at radius 2 is 1.58 bits per heavy atom. The first-order chi connectivity index (χ1) is 5.17. The van der Waals surface area contributed by atoms with Crippen LogP contribution in [0.5, 0.6) is 0 Å². The highest BCUT2D eigenvalue weighted by atomic mass is 35.5. The van der Waals surface area contributed by atoms with Gasteiger partial charge in [-0.25, -0.2) is 0 Å². The highest BCUT2D eigenvalue weighted by molar-refractivity contribution is 4.65. The van der Waals surface area contributed by atoms with Gasteiger partial charge in [-0.3, -0.25) is 0 Å². The Kier molecular flexibility index (Phi) is 5.19. The van der Waals surface area contributed by atoms with E-state index < -0.39 is 0 Å². The molecule has 0 saturated heterocycles. The summed E-state index contributed by atoms with van der Waals surface area (Å²) in [5.41, 5.74) is 0. The van der Waals surface area contributed by atoms with Gasteiger partial charge in [-0.2, -0.15) is 0 Å². The number of quaternary nitrogens is 1. The van der Waals surface area contributed by atoms with Crippen LogP contribution < -0.4 is 12.4 Å². The molecule has 0 aromatic heterocycles. The highest BCUT2D eigenvalue weighted by Gasteiger charge is 2.27. The van der Waals surface area contributed by atoms with Gasteiger partial charge in [0.15, 0.2) is 0 Å². The van der Waals surface area contributed by atoms with Crippen LogP contribution in [0.2, 0.25) is 0 Å². The van der Waals surface area contributed by atoms with E-state index in [4.69, 9.17) is 0 Å². The van der Waals surface area contributed by atoms with Gasteiger partial charge in [-0.15, -0.1) is 0 Å². The fourth-order valence-corrected chi connectivity index (χ4v) is 2.04. The van der Waals surface area contributed by atoms with E-state index >= 15 is 0 Å². The lowest BCUT2D eigenvalue weighted by atomic mass is 9.93. The van der Waals surface area contributed by atoms with Crippen molar-refractivity contribution in [1.82, 2.24) is 0 Å². The Labute approximate surface area is 83.1 Å². The molecular weight excluding hydrogens is 170 g/mol. The Balaban J connectivity index is 0.00000121. The van der Waals surface area contributed by atoms with Crippen molar-refractivity contribution < 1.29 is 16.9 Å². The van der Waals surface area contributed by atoms with Crippen LogP contribution in [0, 0.1) is 0 Å². The third-order valence-corrected chi connectivity index (χ3v) is 3.38. The van der Waals surface area contributed by atoms with Crippen molar-refractivity contribution in [2.75, 3.05) is 20.6 Å². The molecule has 0 atom stereocenters. The van der Waals surface area contributed by atoms with Crippen molar-refractivity contribution in [3.05, 3.63) is 0 Å². The van der Waals surface area contributed by atoms with Gasteiger partial charge in [-0.05, 0) is 32.6 Å². The number of nitrogens with zero attached hydrogens (tertiary/aromatic N) is 1. The summed E-state index contributed by atoms with van der Waals surface area (Å²) in [5.74, 6) is 0. The summed E-state index contributed by atoms with van der Waals surface area (Å²) in [4.78, 5) is 0. The largest absolute Gasteiger partial charge is 1.00 e. The molecular formula is C10H22ClN. The van der Waals surface area contributed by atoms with E-state index in [0.717, 1.165) is 6.04 Å². The van der Waals surface area contributed by atoms with Crippen molar-refractivity contribution >= 4 is 0 Å². The normalized spacial score (nSPS) is 20.2. The Morgan fingerprint density at radius 1 is 1.08 bits per heavy atom. The molecule has 0 aliphatic heterocycles. The van der Waals surface area contributed by atoms with Gasteiger partial charge in [0.2, 0.25) is 0 Å². The summed E-state index contributed by atoms with van der Waals surface area (Å²) in [6.45, 7) is 3.58. The maximum atomic E-state index is 2.37. The third-order valence-electron chi connectivity index (χ3n) is 3.38. The van der Waals surface area contributed by atoms with E-state index in [2.05, 4.69) is 21.0 Å². The molecule has 1 saturated carbocycles. The average Bonchev–Trinajstić information content (AvgIpc) is 2.06. The Bertz CT molecular complexity index is 117. The van der Waals surface area contributed by atoms with Crippen LogP contribution >= 0.6 is 0 Å². The predicted octanol–water partition coefficient (Wildman–Crippen LogP) is -0.581. The van der Waals surface area contributed by atoms with Gasteiger partial charge < -0.3 is 16.9 Å². The lowest BCUT2D eigenvalue weighted by molar-refractivity contribution is -0.914. The molecule has 1 nitrogen and oxygen atoms in total. The molecule has 0 aromatic rings. The standard InChI is InChI=1S/C10H22N.ClH/c1-4-11(2,3)10-8-6-5-7-9-10;/h10H,4-9H2,1-3H3;1H/q+1;/p-1. The summed E-state index contributed by atoms with van der Waals surface area (Å²) in [6, 6.07) is 0.953. The quantitative estimate of drug-likeness (QED) is 0.513.